The van der Waals surface area contributed by atoms with Crippen LogP contribution in [0.4, 0.5) is 0 Å². The second-order valence-corrected chi connectivity index (χ2v) is 5.90. The molecular formula is C17H19N5. The SMILES string of the molecule is Cn1nnc2ccc(C(=C3CCCCC3)n3ccnc3)cc21. The molecule has 3 aromatic rings. The molecule has 112 valence electrons. The number of nitrogens with zero attached hydrogens (tertiary/aromatic N) is 5. The van der Waals surface area contributed by atoms with Gasteiger partial charge in [0.25, 0.3) is 0 Å². The monoisotopic (exact) mass is 293 g/mol. The second kappa shape index (κ2) is 5.40. The summed E-state index contributed by atoms with van der Waals surface area (Å²) in [5.74, 6) is 0. The highest BCUT2D eigenvalue weighted by atomic mass is 15.4. The van der Waals surface area contributed by atoms with Crippen molar-refractivity contribution in [2.24, 2.45) is 7.05 Å². The highest BCUT2D eigenvalue weighted by Gasteiger charge is 2.15. The summed E-state index contributed by atoms with van der Waals surface area (Å²) in [4.78, 5) is 4.23. The van der Waals surface area contributed by atoms with Crippen molar-refractivity contribution in [1.82, 2.24) is 24.5 Å². The van der Waals surface area contributed by atoms with Gasteiger partial charge in [0.1, 0.15) is 5.52 Å². The summed E-state index contributed by atoms with van der Waals surface area (Å²) >= 11 is 0. The first-order valence-corrected chi connectivity index (χ1v) is 7.83. The van der Waals surface area contributed by atoms with E-state index in [1.54, 1.807) is 0 Å². The molecular weight excluding hydrogens is 274 g/mol. The van der Waals surface area contributed by atoms with Crippen LogP contribution in [0.3, 0.4) is 0 Å². The van der Waals surface area contributed by atoms with Gasteiger partial charge < -0.3 is 4.57 Å². The van der Waals surface area contributed by atoms with Crippen LogP contribution in [0.25, 0.3) is 16.7 Å². The number of benzene rings is 1. The van der Waals surface area contributed by atoms with Gasteiger partial charge in [-0.25, -0.2) is 9.67 Å². The van der Waals surface area contributed by atoms with Crippen LogP contribution in [0.5, 0.6) is 0 Å². The number of aryl methyl sites for hydroxylation is 1. The average molecular weight is 293 g/mol. The minimum atomic E-state index is 0.935. The van der Waals surface area contributed by atoms with E-state index in [1.807, 2.05) is 30.5 Å². The van der Waals surface area contributed by atoms with Gasteiger partial charge in [-0.1, -0.05) is 17.7 Å². The van der Waals surface area contributed by atoms with Crippen molar-refractivity contribution in [3.63, 3.8) is 0 Å². The van der Waals surface area contributed by atoms with E-state index in [0.717, 1.165) is 11.0 Å². The molecule has 1 aromatic carbocycles. The predicted molar refractivity (Wildman–Crippen MR) is 86.1 cm³/mol. The fraction of sp³-hybridized carbons (Fsp3) is 0.353. The molecule has 4 rings (SSSR count). The summed E-state index contributed by atoms with van der Waals surface area (Å²) in [5.41, 5.74) is 6.02. The van der Waals surface area contributed by atoms with E-state index in [9.17, 15) is 0 Å². The van der Waals surface area contributed by atoms with Gasteiger partial charge in [0, 0.05) is 25.0 Å². The Morgan fingerprint density at radius 1 is 1.14 bits per heavy atom. The topological polar surface area (TPSA) is 48.5 Å². The van der Waals surface area contributed by atoms with Crippen molar-refractivity contribution in [3.05, 3.63) is 48.1 Å². The van der Waals surface area contributed by atoms with Crippen LogP contribution in [-0.2, 0) is 7.05 Å². The Balaban J connectivity index is 1.90. The van der Waals surface area contributed by atoms with Crippen LogP contribution in [0.15, 0.2) is 42.5 Å². The van der Waals surface area contributed by atoms with Gasteiger partial charge in [-0.3, -0.25) is 0 Å². The van der Waals surface area contributed by atoms with E-state index in [2.05, 4.69) is 38.1 Å². The van der Waals surface area contributed by atoms with E-state index >= 15 is 0 Å². The molecule has 0 amide bonds. The average Bonchev–Trinajstić information content (AvgIpc) is 3.20. The van der Waals surface area contributed by atoms with Crippen LogP contribution < -0.4 is 0 Å². The van der Waals surface area contributed by atoms with Gasteiger partial charge in [0.15, 0.2) is 0 Å². The minimum absolute atomic E-state index is 0.935. The van der Waals surface area contributed by atoms with Crippen molar-refractivity contribution in [3.8, 4) is 0 Å². The van der Waals surface area contributed by atoms with E-state index in [4.69, 9.17) is 0 Å². The quantitative estimate of drug-likeness (QED) is 0.727. The third-order valence-corrected chi connectivity index (χ3v) is 4.44. The molecule has 22 heavy (non-hydrogen) atoms. The van der Waals surface area contributed by atoms with Gasteiger partial charge in [0.05, 0.1) is 17.5 Å². The Hall–Kier alpha value is -2.43. The largest absolute Gasteiger partial charge is 0.306 e. The lowest BCUT2D eigenvalue weighted by atomic mass is 9.91. The Labute approximate surface area is 129 Å². The fourth-order valence-electron chi connectivity index (χ4n) is 3.32. The molecule has 0 saturated heterocycles. The van der Waals surface area contributed by atoms with Gasteiger partial charge in [-0.15, -0.1) is 5.10 Å². The lowest BCUT2D eigenvalue weighted by molar-refractivity contribution is 0.598. The zero-order chi connectivity index (χ0) is 14.9. The Bertz CT molecular complexity index is 818. The van der Waals surface area contributed by atoms with Gasteiger partial charge in [-0.05, 0) is 43.4 Å². The van der Waals surface area contributed by atoms with E-state index in [0.29, 0.717) is 0 Å². The van der Waals surface area contributed by atoms with Crippen molar-refractivity contribution in [1.29, 1.82) is 0 Å². The Morgan fingerprint density at radius 3 is 2.77 bits per heavy atom. The van der Waals surface area contributed by atoms with E-state index < -0.39 is 0 Å². The molecule has 1 aliphatic rings. The Kier molecular flexibility index (Phi) is 3.25. The molecule has 5 heteroatoms. The van der Waals surface area contributed by atoms with Gasteiger partial charge in [0.2, 0.25) is 0 Å². The number of imidazole rings is 1. The lowest BCUT2D eigenvalue weighted by Crippen LogP contribution is -2.05. The maximum Gasteiger partial charge on any atom is 0.113 e. The number of rotatable bonds is 2. The molecule has 2 aromatic heterocycles. The fourth-order valence-corrected chi connectivity index (χ4v) is 3.32. The van der Waals surface area contributed by atoms with Gasteiger partial charge in [-0.2, -0.15) is 0 Å². The summed E-state index contributed by atoms with van der Waals surface area (Å²) in [6.45, 7) is 0. The van der Waals surface area contributed by atoms with Crippen molar-refractivity contribution in [2.75, 3.05) is 0 Å². The predicted octanol–water partition coefficient (Wildman–Crippen LogP) is 3.39. The Morgan fingerprint density at radius 2 is 2.00 bits per heavy atom. The van der Waals surface area contributed by atoms with Crippen LogP contribution in [0, 0.1) is 0 Å². The molecule has 1 aliphatic carbocycles. The molecule has 0 radical (unpaired) electrons. The van der Waals surface area contributed by atoms with Crippen LogP contribution in [-0.4, -0.2) is 24.5 Å². The minimum Gasteiger partial charge on any atom is -0.306 e. The van der Waals surface area contributed by atoms with Crippen molar-refractivity contribution in [2.45, 2.75) is 32.1 Å². The number of hydrogen-bond donors (Lipinski definition) is 0. The van der Waals surface area contributed by atoms with Gasteiger partial charge >= 0.3 is 0 Å². The first kappa shape index (κ1) is 13.2. The first-order chi connectivity index (χ1) is 10.8. The maximum atomic E-state index is 4.23. The third-order valence-electron chi connectivity index (χ3n) is 4.44. The summed E-state index contributed by atoms with van der Waals surface area (Å²) in [6, 6.07) is 6.39. The highest BCUT2D eigenvalue weighted by molar-refractivity contribution is 5.81. The molecule has 0 N–H and O–H groups in total. The van der Waals surface area contributed by atoms with Crippen molar-refractivity contribution >= 4 is 16.7 Å². The number of aromatic nitrogens is 5. The molecule has 0 spiro atoms. The van der Waals surface area contributed by atoms with E-state index in [1.165, 1.54) is 48.9 Å². The number of fused-ring (bicyclic) bond motifs is 1. The zero-order valence-corrected chi connectivity index (χ0v) is 12.7. The molecule has 2 heterocycles. The summed E-state index contributed by atoms with van der Waals surface area (Å²) in [7, 11) is 1.93. The molecule has 0 aliphatic heterocycles. The first-order valence-electron chi connectivity index (χ1n) is 7.83. The summed E-state index contributed by atoms with van der Waals surface area (Å²) in [5, 5.41) is 8.27. The second-order valence-electron chi connectivity index (χ2n) is 5.90. The summed E-state index contributed by atoms with van der Waals surface area (Å²) in [6.07, 6.45) is 12.0. The normalized spacial score (nSPS) is 15.4. The van der Waals surface area contributed by atoms with Crippen LogP contribution in [0.2, 0.25) is 0 Å². The molecule has 5 nitrogen and oxygen atoms in total. The molecule has 0 bridgehead atoms. The standard InChI is InChI=1S/C17H19N5/c1-21-16-11-14(7-8-15(16)19-20-21)17(22-10-9-18-12-22)13-5-3-2-4-6-13/h7-12H,2-6H2,1H3. The molecule has 1 fully saturated rings. The zero-order valence-electron chi connectivity index (χ0n) is 12.7. The number of allylic oxidation sites excluding steroid dienone is 1. The lowest BCUT2D eigenvalue weighted by Gasteiger charge is -2.20. The molecule has 0 unspecified atom stereocenters. The van der Waals surface area contributed by atoms with Crippen LogP contribution in [0.1, 0.15) is 37.7 Å². The molecule has 1 saturated carbocycles. The highest BCUT2D eigenvalue weighted by Crippen LogP contribution is 2.32. The number of hydrogen-bond acceptors (Lipinski definition) is 3. The smallest absolute Gasteiger partial charge is 0.113 e. The summed E-state index contributed by atoms with van der Waals surface area (Å²) < 4.78 is 3.97. The van der Waals surface area contributed by atoms with Crippen molar-refractivity contribution < 1.29 is 0 Å². The maximum absolute atomic E-state index is 4.23. The van der Waals surface area contributed by atoms with Crippen LogP contribution >= 0.6 is 0 Å². The van der Waals surface area contributed by atoms with E-state index in [-0.39, 0.29) is 0 Å². The third kappa shape index (κ3) is 2.22. The molecule has 0 atom stereocenters.